The number of oxazole rings is 1. The molecular formula is C11H16N6O. The topological polar surface area (TPSA) is 96.9 Å². The zero-order chi connectivity index (χ0) is 12.5. The number of aromatic nitrogens is 4. The maximum Gasteiger partial charge on any atom is 0.245 e. The van der Waals surface area contributed by atoms with Crippen LogP contribution in [0.4, 0.5) is 5.95 Å². The van der Waals surface area contributed by atoms with Crippen LogP contribution in [0.5, 0.6) is 0 Å². The fourth-order valence-corrected chi connectivity index (χ4v) is 2.22. The quantitative estimate of drug-likeness (QED) is 0.811. The molecule has 1 aliphatic rings. The summed E-state index contributed by atoms with van der Waals surface area (Å²) in [6.07, 6.45) is 3.55. The Morgan fingerprint density at radius 1 is 1.56 bits per heavy atom. The Morgan fingerprint density at radius 3 is 3.17 bits per heavy atom. The van der Waals surface area contributed by atoms with E-state index in [1.165, 1.54) is 6.39 Å². The summed E-state index contributed by atoms with van der Waals surface area (Å²) in [5.41, 5.74) is 6.75. The maximum atomic E-state index is 5.95. The van der Waals surface area contributed by atoms with Crippen LogP contribution >= 0.6 is 0 Å². The van der Waals surface area contributed by atoms with Gasteiger partial charge < -0.3 is 15.1 Å². The van der Waals surface area contributed by atoms with Crippen molar-refractivity contribution in [3.8, 4) is 11.6 Å². The highest BCUT2D eigenvalue weighted by atomic mass is 16.3. The van der Waals surface area contributed by atoms with Crippen LogP contribution in [0.3, 0.4) is 0 Å². The molecule has 1 fully saturated rings. The summed E-state index contributed by atoms with van der Waals surface area (Å²) in [7, 11) is 0. The minimum Gasteiger partial charge on any atom is -0.440 e. The standard InChI is InChI=1S/C11H16N6O/c1-7-9(18-6-13-7)10-14-11(16-15-10)17-4-2-3-8(12)5-17/h6,8H,2-5,12H2,1H3,(H,14,15,16). The molecule has 0 amide bonds. The molecule has 0 aliphatic carbocycles. The molecule has 96 valence electrons. The van der Waals surface area contributed by atoms with Gasteiger partial charge in [0, 0.05) is 19.1 Å². The molecule has 0 spiro atoms. The zero-order valence-electron chi connectivity index (χ0n) is 10.3. The molecule has 3 heterocycles. The minimum atomic E-state index is 0.202. The molecule has 1 unspecified atom stereocenters. The molecule has 0 aromatic carbocycles. The van der Waals surface area contributed by atoms with Crippen LogP contribution in [-0.2, 0) is 0 Å². The van der Waals surface area contributed by atoms with Crippen LogP contribution in [0.1, 0.15) is 18.5 Å². The third-order valence-corrected chi connectivity index (χ3v) is 3.17. The predicted molar refractivity (Wildman–Crippen MR) is 66.0 cm³/mol. The summed E-state index contributed by atoms with van der Waals surface area (Å²) in [5, 5.41) is 7.10. The van der Waals surface area contributed by atoms with Crippen LogP contribution in [0.15, 0.2) is 10.8 Å². The lowest BCUT2D eigenvalue weighted by Gasteiger charge is -2.29. The van der Waals surface area contributed by atoms with E-state index in [1.807, 2.05) is 6.92 Å². The summed E-state index contributed by atoms with van der Waals surface area (Å²) < 4.78 is 5.28. The molecule has 3 N–H and O–H groups in total. The van der Waals surface area contributed by atoms with Gasteiger partial charge in [0.15, 0.2) is 18.0 Å². The summed E-state index contributed by atoms with van der Waals surface area (Å²) in [5.74, 6) is 1.92. The summed E-state index contributed by atoms with van der Waals surface area (Å²) in [6.45, 7) is 3.62. The number of nitrogens with one attached hydrogen (secondary N) is 1. The van der Waals surface area contributed by atoms with Crippen molar-refractivity contribution in [2.75, 3.05) is 18.0 Å². The Kier molecular flexibility index (Phi) is 2.75. The molecule has 1 atom stereocenters. The van der Waals surface area contributed by atoms with Gasteiger partial charge in [-0.2, -0.15) is 4.98 Å². The lowest BCUT2D eigenvalue weighted by Crippen LogP contribution is -2.43. The molecule has 0 radical (unpaired) electrons. The monoisotopic (exact) mass is 248 g/mol. The van der Waals surface area contributed by atoms with Crippen LogP contribution in [-0.4, -0.2) is 39.3 Å². The Hall–Kier alpha value is -1.89. The first kappa shape index (κ1) is 11.2. The number of H-pyrrole nitrogens is 1. The van der Waals surface area contributed by atoms with E-state index in [1.54, 1.807) is 0 Å². The lowest BCUT2D eigenvalue weighted by molar-refractivity contribution is 0.500. The van der Waals surface area contributed by atoms with Gasteiger partial charge in [0.2, 0.25) is 5.95 Å². The fourth-order valence-electron chi connectivity index (χ4n) is 2.22. The van der Waals surface area contributed by atoms with E-state index in [0.29, 0.717) is 17.5 Å². The number of hydrogen-bond donors (Lipinski definition) is 2. The number of rotatable bonds is 2. The third kappa shape index (κ3) is 1.97. The van der Waals surface area contributed by atoms with Crippen LogP contribution < -0.4 is 10.6 Å². The smallest absolute Gasteiger partial charge is 0.245 e. The molecule has 2 aromatic rings. The average molecular weight is 248 g/mol. The van der Waals surface area contributed by atoms with Gasteiger partial charge in [0.1, 0.15) is 0 Å². The van der Waals surface area contributed by atoms with E-state index < -0.39 is 0 Å². The van der Waals surface area contributed by atoms with E-state index in [9.17, 15) is 0 Å². The van der Waals surface area contributed by atoms with Crippen LogP contribution in [0.2, 0.25) is 0 Å². The number of anilines is 1. The predicted octanol–water partition coefficient (Wildman–Crippen LogP) is 0.696. The minimum absolute atomic E-state index is 0.202. The van der Waals surface area contributed by atoms with Gasteiger partial charge in [-0.05, 0) is 19.8 Å². The molecule has 0 saturated carbocycles. The summed E-state index contributed by atoms with van der Waals surface area (Å²) >= 11 is 0. The molecule has 3 rings (SSSR count). The van der Waals surface area contributed by atoms with Crippen molar-refractivity contribution in [1.29, 1.82) is 0 Å². The Balaban J connectivity index is 1.83. The first-order valence-electron chi connectivity index (χ1n) is 6.07. The van der Waals surface area contributed by atoms with E-state index in [4.69, 9.17) is 10.2 Å². The van der Waals surface area contributed by atoms with Gasteiger partial charge >= 0.3 is 0 Å². The number of aryl methyl sites for hydroxylation is 1. The van der Waals surface area contributed by atoms with Crippen molar-refractivity contribution < 1.29 is 4.42 Å². The van der Waals surface area contributed by atoms with Crippen molar-refractivity contribution in [1.82, 2.24) is 20.2 Å². The second kappa shape index (κ2) is 4.41. The van der Waals surface area contributed by atoms with Crippen molar-refractivity contribution in [3.05, 3.63) is 12.1 Å². The molecule has 7 heteroatoms. The van der Waals surface area contributed by atoms with Gasteiger partial charge in [-0.1, -0.05) is 0 Å². The van der Waals surface area contributed by atoms with Gasteiger partial charge in [-0.15, -0.1) is 5.10 Å². The van der Waals surface area contributed by atoms with Gasteiger partial charge in [-0.25, -0.2) is 4.98 Å². The number of aromatic amines is 1. The van der Waals surface area contributed by atoms with E-state index in [-0.39, 0.29) is 6.04 Å². The number of hydrogen-bond acceptors (Lipinski definition) is 6. The van der Waals surface area contributed by atoms with Crippen molar-refractivity contribution >= 4 is 5.95 Å². The Morgan fingerprint density at radius 2 is 2.44 bits per heavy atom. The van der Waals surface area contributed by atoms with Crippen LogP contribution in [0, 0.1) is 6.92 Å². The molecular weight excluding hydrogens is 232 g/mol. The first-order valence-corrected chi connectivity index (χ1v) is 6.07. The van der Waals surface area contributed by atoms with Gasteiger partial charge in [0.05, 0.1) is 5.69 Å². The van der Waals surface area contributed by atoms with Crippen molar-refractivity contribution in [3.63, 3.8) is 0 Å². The van der Waals surface area contributed by atoms with Crippen molar-refractivity contribution in [2.24, 2.45) is 5.73 Å². The lowest BCUT2D eigenvalue weighted by atomic mass is 10.1. The number of nitrogens with two attached hydrogens (primary N) is 1. The largest absolute Gasteiger partial charge is 0.440 e. The van der Waals surface area contributed by atoms with Gasteiger partial charge in [0.25, 0.3) is 0 Å². The first-order chi connectivity index (χ1) is 8.74. The molecule has 18 heavy (non-hydrogen) atoms. The average Bonchev–Trinajstić information content (AvgIpc) is 2.97. The molecule has 1 saturated heterocycles. The highest BCUT2D eigenvalue weighted by Crippen LogP contribution is 2.21. The van der Waals surface area contributed by atoms with Gasteiger partial charge in [-0.3, -0.25) is 5.10 Å². The molecule has 2 aromatic heterocycles. The summed E-state index contributed by atoms with van der Waals surface area (Å²) in [6, 6.07) is 0.202. The highest BCUT2D eigenvalue weighted by Gasteiger charge is 2.21. The van der Waals surface area contributed by atoms with E-state index in [0.717, 1.165) is 31.6 Å². The Bertz CT molecular complexity index is 533. The SMILES string of the molecule is Cc1ncoc1-c1nc(N2CCCC(N)C2)n[nH]1. The van der Waals surface area contributed by atoms with E-state index >= 15 is 0 Å². The number of nitrogens with zero attached hydrogens (tertiary/aromatic N) is 4. The Labute approximate surface area is 104 Å². The molecule has 7 nitrogen and oxygen atoms in total. The third-order valence-electron chi connectivity index (χ3n) is 3.17. The molecule has 0 bridgehead atoms. The second-order valence-corrected chi connectivity index (χ2v) is 4.60. The van der Waals surface area contributed by atoms with Crippen LogP contribution in [0.25, 0.3) is 11.6 Å². The maximum absolute atomic E-state index is 5.95. The second-order valence-electron chi connectivity index (χ2n) is 4.60. The zero-order valence-corrected chi connectivity index (χ0v) is 10.3. The molecule has 1 aliphatic heterocycles. The van der Waals surface area contributed by atoms with E-state index in [2.05, 4.69) is 25.1 Å². The van der Waals surface area contributed by atoms with Crippen molar-refractivity contribution in [2.45, 2.75) is 25.8 Å². The number of piperidine rings is 1. The normalized spacial score (nSPS) is 20.3. The summed E-state index contributed by atoms with van der Waals surface area (Å²) in [4.78, 5) is 10.6. The highest BCUT2D eigenvalue weighted by molar-refractivity contribution is 5.51. The fraction of sp³-hybridized carbons (Fsp3) is 0.545.